The number of halogens is 3. The highest BCUT2D eigenvalue weighted by Crippen LogP contribution is 2.24. The van der Waals surface area contributed by atoms with E-state index in [0.717, 1.165) is 11.8 Å². The molecule has 1 aromatic heterocycles. The van der Waals surface area contributed by atoms with Crippen LogP contribution < -0.4 is 11.0 Å². The maximum atomic E-state index is 13.2. The van der Waals surface area contributed by atoms with Gasteiger partial charge in [0.25, 0.3) is 11.5 Å². The van der Waals surface area contributed by atoms with E-state index in [2.05, 4.69) is 15.5 Å². The normalized spacial score (nSPS) is 11.2. The lowest BCUT2D eigenvalue weighted by Crippen LogP contribution is -2.24. The van der Waals surface area contributed by atoms with Gasteiger partial charge >= 0.3 is 0 Å². The van der Waals surface area contributed by atoms with Crippen LogP contribution in [0, 0.1) is 0 Å². The molecule has 3 aromatic carbocycles. The van der Waals surface area contributed by atoms with Crippen molar-refractivity contribution in [2.24, 2.45) is 5.10 Å². The fourth-order valence-electron chi connectivity index (χ4n) is 2.98. The summed E-state index contributed by atoms with van der Waals surface area (Å²) in [5, 5.41) is 6.07. The van der Waals surface area contributed by atoms with E-state index in [0.29, 0.717) is 42.4 Å². The summed E-state index contributed by atoms with van der Waals surface area (Å²) in [5.74, 6) is -0.390. The summed E-state index contributed by atoms with van der Waals surface area (Å²) in [6.45, 7) is 0. The first-order valence-corrected chi connectivity index (χ1v) is 11.7. The van der Waals surface area contributed by atoms with Gasteiger partial charge in [-0.05, 0) is 42.5 Å². The quantitative estimate of drug-likeness (QED) is 0.157. The molecule has 0 bridgehead atoms. The lowest BCUT2D eigenvalue weighted by atomic mass is 10.2. The first-order valence-electron chi connectivity index (χ1n) is 9.60. The minimum absolute atomic E-state index is 0.0149. The third-order valence-electron chi connectivity index (χ3n) is 4.54. The fraction of sp³-hybridized carbons (Fsp3) is 0.0435. The molecule has 0 saturated heterocycles. The largest absolute Gasteiger partial charge is 0.272 e. The van der Waals surface area contributed by atoms with E-state index in [1.54, 1.807) is 66.7 Å². The summed E-state index contributed by atoms with van der Waals surface area (Å²) in [7, 11) is 0. The summed E-state index contributed by atoms with van der Waals surface area (Å²) in [6, 6.07) is 19.0. The number of hydrogen-bond donors (Lipinski definition) is 1. The van der Waals surface area contributed by atoms with Gasteiger partial charge in [-0.1, -0.05) is 70.8 Å². The molecule has 0 unspecified atom stereocenters. The standard InChI is InChI=1S/C23H15Cl3N4O2S/c24-15-8-10-16(11-9-15)30-22(32)17-5-1-2-7-19(17)28-23(30)33-13-20(31)29-27-12-14-4-3-6-18(25)21(14)26/h1-12H,13H2,(H,29,31)/b27-12+. The van der Waals surface area contributed by atoms with Gasteiger partial charge in [0, 0.05) is 10.6 Å². The van der Waals surface area contributed by atoms with Crippen molar-refractivity contribution in [3.05, 3.63) is 97.7 Å². The Bertz CT molecular complexity index is 1420. The number of hydrazone groups is 1. The van der Waals surface area contributed by atoms with Gasteiger partial charge in [-0.25, -0.2) is 10.4 Å². The van der Waals surface area contributed by atoms with E-state index in [1.807, 2.05) is 0 Å². The molecule has 0 fully saturated rings. The monoisotopic (exact) mass is 516 g/mol. The molecular weight excluding hydrogens is 503 g/mol. The second-order valence-electron chi connectivity index (χ2n) is 6.75. The second-order valence-corrected chi connectivity index (χ2v) is 8.92. The van der Waals surface area contributed by atoms with Gasteiger partial charge in [0.2, 0.25) is 0 Å². The van der Waals surface area contributed by atoms with Crippen molar-refractivity contribution in [2.75, 3.05) is 5.75 Å². The van der Waals surface area contributed by atoms with E-state index < -0.39 is 0 Å². The molecule has 4 aromatic rings. The zero-order valence-corrected chi connectivity index (χ0v) is 19.9. The number of nitrogens with zero attached hydrogens (tertiary/aromatic N) is 3. The third-order valence-corrected chi connectivity index (χ3v) is 6.56. The number of fused-ring (bicyclic) bond motifs is 1. The Kier molecular flexibility index (Phi) is 7.35. The Morgan fingerprint density at radius 1 is 1.03 bits per heavy atom. The molecular formula is C23H15Cl3N4O2S. The van der Waals surface area contributed by atoms with Gasteiger partial charge in [-0.3, -0.25) is 14.2 Å². The molecule has 0 radical (unpaired) electrons. The number of amides is 1. The predicted molar refractivity (Wildman–Crippen MR) is 135 cm³/mol. The average molecular weight is 518 g/mol. The number of rotatable bonds is 6. The summed E-state index contributed by atoms with van der Waals surface area (Å²) in [5.41, 5.74) is 3.92. The third kappa shape index (κ3) is 5.39. The molecule has 33 heavy (non-hydrogen) atoms. The SMILES string of the molecule is O=C(CSc1nc2ccccc2c(=O)n1-c1ccc(Cl)cc1)N/N=C/c1cccc(Cl)c1Cl. The van der Waals surface area contributed by atoms with Crippen LogP contribution >= 0.6 is 46.6 Å². The second kappa shape index (κ2) is 10.4. The maximum absolute atomic E-state index is 13.2. The van der Waals surface area contributed by atoms with E-state index in [9.17, 15) is 9.59 Å². The number of thioether (sulfide) groups is 1. The topological polar surface area (TPSA) is 76.3 Å². The molecule has 1 heterocycles. The molecule has 0 aliphatic rings. The van der Waals surface area contributed by atoms with Crippen LogP contribution in [0.2, 0.25) is 15.1 Å². The zero-order valence-electron chi connectivity index (χ0n) is 16.8. The number of carbonyl (C=O) groups excluding carboxylic acids is 1. The van der Waals surface area contributed by atoms with Gasteiger partial charge in [0.15, 0.2) is 5.16 Å². The number of hydrogen-bond acceptors (Lipinski definition) is 5. The van der Waals surface area contributed by atoms with Crippen molar-refractivity contribution in [3.63, 3.8) is 0 Å². The van der Waals surface area contributed by atoms with E-state index in [4.69, 9.17) is 34.8 Å². The van der Waals surface area contributed by atoms with Crippen LogP contribution in [-0.4, -0.2) is 27.4 Å². The summed E-state index contributed by atoms with van der Waals surface area (Å²) >= 11 is 19.2. The van der Waals surface area contributed by atoms with Crippen molar-refractivity contribution < 1.29 is 4.79 Å². The van der Waals surface area contributed by atoms with Gasteiger partial charge in [0.05, 0.1) is 38.6 Å². The Morgan fingerprint density at radius 3 is 2.58 bits per heavy atom. The van der Waals surface area contributed by atoms with Crippen molar-refractivity contribution in [1.29, 1.82) is 0 Å². The predicted octanol–water partition coefficient (Wildman–Crippen LogP) is 5.59. The molecule has 1 amide bonds. The molecule has 166 valence electrons. The lowest BCUT2D eigenvalue weighted by molar-refractivity contribution is -0.118. The fourth-order valence-corrected chi connectivity index (χ4v) is 4.27. The highest BCUT2D eigenvalue weighted by atomic mass is 35.5. The number of carbonyl (C=O) groups is 1. The first-order chi connectivity index (χ1) is 15.9. The number of benzene rings is 3. The molecule has 6 nitrogen and oxygen atoms in total. The molecule has 0 saturated carbocycles. The maximum Gasteiger partial charge on any atom is 0.266 e. The minimum Gasteiger partial charge on any atom is -0.272 e. The molecule has 0 spiro atoms. The Balaban J connectivity index is 1.56. The van der Waals surface area contributed by atoms with Gasteiger partial charge in [0.1, 0.15) is 0 Å². The molecule has 0 aliphatic carbocycles. The van der Waals surface area contributed by atoms with E-state index in [1.165, 1.54) is 10.8 Å². The summed E-state index contributed by atoms with van der Waals surface area (Å²) < 4.78 is 1.46. The summed E-state index contributed by atoms with van der Waals surface area (Å²) in [4.78, 5) is 30.2. The van der Waals surface area contributed by atoms with Gasteiger partial charge in [-0.2, -0.15) is 5.10 Å². The zero-order chi connectivity index (χ0) is 23.4. The molecule has 0 aliphatic heterocycles. The smallest absolute Gasteiger partial charge is 0.266 e. The average Bonchev–Trinajstić information content (AvgIpc) is 2.81. The van der Waals surface area contributed by atoms with Crippen molar-refractivity contribution >= 4 is 69.6 Å². The lowest BCUT2D eigenvalue weighted by Gasteiger charge is -2.13. The van der Waals surface area contributed by atoms with Crippen molar-refractivity contribution in [3.8, 4) is 5.69 Å². The van der Waals surface area contributed by atoms with E-state index in [-0.39, 0.29) is 17.2 Å². The van der Waals surface area contributed by atoms with Crippen LogP contribution in [0.4, 0.5) is 0 Å². The minimum atomic E-state index is -0.375. The molecule has 10 heteroatoms. The Labute approximate surface area is 208 Å². The molecule has 4 rings (SSSR count). The van der Waals surface area contributed by atoms with Gasteiger partial charge < -0.3 is 0 Å². The number of nitrogens with one attached hydrogen (secondary N) is 1. The van der Waals surface area contributed by atoms with Crippen LogP contribution in [0.3, 0.4) is 0 Å². The number of aromatic nitrogens is 2. The highest BCUT2D eigenvalue weighted by molar-refractivity contribution is 7.99. The summed E-state index contributed by atoms with van der Waals surface area (Å²) in [6.07, 6.45) is 1.41. The van der Waals surface area contributed by atoms with Crippen molar-refractivity contribution in [2.45, 2.75) is 5.16 Å². The van der Waals surface area contributed by atoms with Crippen LogP contribution in [0.5, 0.6) is 0 Å². The molecule has 0 atom stereocenters. The van der Waals surface area contributed by atoms with Crippen LogP contribution in [-0.2, 0) is 4.79 Å². The van der Waals surface area contributed by atoms with Crippen LogP contribution in [0.15, 0.2) is 81.8 Å². The van der Waals surface area contributed by atoms with E-state index >= 15 is 0 Å². The van der Waals surface area contributed by atoms with Crippen LogP contribution in [0.1, 0.15) is 5.56 Å². The molecule has 1 N–H and O–H groups in total. The first kappa shape index (κ1) is 23.3. The Hall–Kier alpha value is -2.84. The highest BCUT2D eigenvalue weighted by Gasteiger charge is 2.14. The van der Waals surface area contributed by atoms with Crippen LogP contribution in [0.25, 0.3) is 16.6 Å². The van der Waals surface area contributed by atoms with Gasteiger partial charge in [-0.15, -0.1) is 0 Å². The number of para-hydroxylation sites is 1. The Morgan fingerprint density at radius 2 is 1.79 bits per heavy atom. The van der Waals surface area contributed by atoms with Crippen molar-refractivity contribution in [1.82, 2.24) is 15.0 Å².